The second kappa shape index (κ2) is 5.49. The van der Waals surface area contributed by atoms with E-state index < -0.39 is 16.0 Å². The van der Waals surface area contributed by atoms with Crippen LogP contribution in [0.1, 0.15) is 29.6 Å². The SMILES string of the molecule is O=C(O)c1cc(S(=O)(=O)NC2CC3CCC2O3)ccc1I. The van der Waals surface area contributed by atoms with Crippen LogP contribution in [0.4, 0.5) is 0 Å². The van der Waals surface area contributed by atoms with Gasteiger partial charge in [0, 0.05) is 3.57 Å². The average molecular weight is 423 g/mol. The van der Waals surface area contributed by atoms with Gasteiger partial charge in [0.25, 0.3) is 0 Å². The number of hydrogen-bond acceptors (Lipinski definition) is 4. The minimum atomic E-state index is -3.74. The molecule has 0 aliphatic carbocycles. The molecular formula is C13H14INO5S. The molecule has 2 aliphatic rings. The van der Waals surface area contributed by atoms with E-state index in [1.807, 2.05) is 22.6 Å². The number of carboxylic acids is 1. The Morgan fingerprint density at radius 3 is 2.71 bits per heavy atom. The van der Waals surface area contributed by atoms with E-state index in [1.54, 1.807) is 0 Å². The van der Waals surface area contributed by atoms with Crippen molar-refractivity contribution < 1.29 is 23.1 Å². The van der Waals surface area contributed by atoms with Crippen molar-refractivity contribution in [2.24, 2.45) is 0 Å². The van der Waals surface area contributed by atoms with Crippen molar-refractivity contribution in [3.8, 4) is 0 Å². The van der Waals surface area contributed by atoms with Crippen molar-refractivity contribution in [2.45, 2.75) is 42.4 Å². The number of halogens is 1. The third-order valence-corrected chi connectivity index (χ3v) is 6.32. The molecule has 8 heteroatoms. The van der Waals surface area contributed by atoms with Crippen molar-refractivity contribution in [3.05, 3.63) is 27.3 Å². The second-order valence-corrected chi connectivity index (χ2v) is 8.16. The highest BCUT2D eigenvalue weighted by molar-refractivity contribution is 14.1. The number of nitrogens with one attached hydrogen (secondary N) is 1. The van der Waals surface area contributed by atoms with Crippen LogP contribution in [0.25, 0.3) is 0 Å². The molecule has 1 aromatic carbocycles. The first-order valence-electron chi connectivity index (χ1n) is 6.57. The molecule has 21 heavy (non-hydrogen) atoms. The van der Waals surface area contributed by atoms with E-state index in [-0.39, 0.29) is 28.7 Å². The second-order valence-electron chi connectivity index (χ2n) is 5.28. The predicted molar refractivity (Wildman–Crippen MR) is 82.7 cm³/mol. The zero-order valence-corrected chi connectivity index (χ0v) is 13.9. The first-order chi connectivity index (χ1) is 9.87. The minimum absolute atomic E-state index is 0.0114. The Balaban J connectivity index is 1.85. The normalized spacial score (nSPS) is 28.0. The first-order valence-corrected chi connectivity index (χ1v) is 9.13. The van der Waals surface area contributed by atoms with Gasteiger partial charge < -0.3 is 9.84 Å². The molecule has 1 aromatic rings. The Labute approximate surface area is 136 Å². The molecule has 0 aromatic heterocycles. The van der Waals surface area contributed by atoms with E-state index in [4.69, 9.17) is 9.84 Å². The zero-order valence-electron chi connectivity index (χ0n) is 11.0. The maximum atomic E-state index is 12.4. The standard InChI is InChI=1S/C13H14INO5S/c14-10-3-2-8(6-9(10)13(16)17)21(18,19)15-11-5-7-1-4-12(11)20-7/h2-3,6-7,11-12,15H,1,4-5H2,(H,16,17). The number of aromatic carboxylic acids is 1. The van der Waals surface area contributed by atoms with Crippen LogP contribution >= 0.6 is 22.6 Å². The molecule has 2 aliphatic heterocycles. The number of rotatable bonds is 4. The topological polar surface area (TPSA) is 92.7 Å². The van der Waals surface area contributed by atoms with Gasteiger partial charge in [-0.15, -0.1) is 0 Å². The highest BCUT2D eigenvalue weighted by Gasteiger charge is 2.42. The van der Waals surface area contributed by atoms with Gasteiger partial charge >= 0.3 is 5.97 Å². The van der Waals surface area contributed by atoms with E-state index >= 15 is 0 Å². The van der Waals surface area contributed by atoms with Crippen molar-refractivity contribution in [3.63, 3.8) is 0 Å². The molecule has 0 radical (unpaired) electrons. The van der Waals surface area contributed by atoms with Gasteiger partial charge in [-0.1, -0.05) is 0 Å². The monoisotopic (exact) mass is 423 g/mol. The van der Waals surface area contributed by atoms with E-state index in [1.165, 1.54) is 18.2 Å². The summed E-state index contributed by atoms with van der Waals surface area (Å²) < 4.78 is 33.5. The molecule has 0 amide bonds. The molecule has 6 nitrogen and oxygen atoms in total. The van der Waals surface area contributed by atoms with Gasteiger partial charge in [-0.2, -0.15) is 0 Å². The first kappa shape index (κ1) is 15.2. The molecule has 114 valence electrons. The summed E-state index contributed by atoms with van der Waals surface area (Å²) in [6, 6.07) is 3.89. The van der Waals surface area contributed by atoms with Gasteiger partial charge in [-0.05, 0) is 60.1 Å². The summed E-state index contributed by atoms with van der Waals surface area (Å²) in [5, 5.41) is 9.09. The molecule has 0 spiro atoms. The van der Waals surface area contributed by atoms with Crippen molar-refractivity contribution in [1.29, 1.82) is 0 Å². The smallest absolute Gasteiger partial charge is 0.336 e. The molecule has 2 N–H and O–H groups in total. The fraction of sp³-hybridized carbons (Fsp3) is 0.462. The molecule has 2 saturated heterocycles. The van der Waals surface area contributed by atoms with Crippen LogP contribution in [0.15, 0.2) is 23.1 Å². The maximum absolute atomic E-state index is 12.4. The number of carboxylic acid groups (broad SMARTS) is 1. The number of benzene rings is 1. The molecular weight excluding hydrogens is 409 g/mol. The largest absolute Gasteiger partial charge is 0.478 e. The minimum Gasteiger partial charge on any atom is -0.478 e. The fourth-order valence-electron chi connectivity index (χ4n) is 2.86. The lowest BCUT2D eigenvalue weighted by atomic mass is 9.96. The number of fused-ring (bicyclic) bond motifs is 2. The molecule has 2 fully saturated rings. The Bertz CT molecular complexity index is 690. The van der Waals surface area contributed by atoms with Gasteiger partial charge in [-0.25, -0.2) is 17.9 Å². The van der Waals surface area contributed by atoms with E-state index in [2.05, 4.69) is 4.72 Å². The summed E-state index contributed by atoms with van der Waals surface area (Å²) in [6.07, 6.45) is 2.61. The van der Waals surface area contributed by atoms with Crippen molar-refractivity contribution >= 4 is 38.6 Å². The fourth-order valence-corrected chi connectivity index (χ4v) is 4.73. The van der Waals surface area contributed by atoms with E-state index in [0.717, 1.165) is 12.8 Å². The molecule has 2 bridgehead atoms. The number of carbonyl (C=O) groups is 1. The lowest BCUT2D eigenvalue weighted by Crippen LogP contribution is -2.41. The molecule has 3 atom stereocenters. The van der Waals surface area contributed by atoms with Crippen LogP contribution < -0.4 is 4.72 Å². The Morgan fingerprint density at radius 1 is 1.38 bits per heavy atom. The van der Waals surface area contributed by atoms with Crippen LogP contribution in [0.2, 0.25) is 0 Å². The highest BCUT2D eigenvalue weighted by atomic mass is 127. The van der Waals surface area contributed by atoms with Gasteiger partial charge in [0.15, 0.2) is 0 Å². The van der Waals surface area contributed by atoms with Gasteiger partial charge in [0.2, 0.25) is 10.0 Å². The molecule has 2 heterocycles. The van der Waals surface area contributed by atoms with Crippen LogP contribution in [-0.2, 0) is 14.8 Å². The average Bonchev–Trinajstić information content (AvgIpc) is 3.00. The van der Waals surface area contributed by atoms with Crippen LogP contribution in [0.3, 0.4) is 0 Å². The summed E-state index contributed by atoms with van der Waals surface area (Å²) in [5.74, 6) is -1.14. The predicted octanol–water partition coefficient (Wildman–Crippen LogP) is 1.59. The lowest BCUT2D eigenvalue weighted by Gasteiger charge is -2.20. The highest BCUT2D eigenvalue weighted by Crippen LogP contribution is 2.35. The third-order valence-electron chi connectivity index (χ3n) is 3.89. The van der Waals surface area contributed by atoms with Gasteiger partial charge in [-0.3, -0.25) is 0 Å². The maximum Gasteiger partial charge on any atom is 0.336 e. The van der Waals surface area contributed by atoms with Gasteiger partial charge in [0.1, 0.15) is 0 Å². The number of hydrogen-bond donors (Lipinski definition) is 2. The summed E-state index contributed by atoms with van der Waals surface area (Å²) >= 11 is 1.87. The molecule has 0 saturated carbocycles. The number of sulfonamides is 1. The van der Waals surface area contributed by atoms with Crippen molar-refractivity contribution in [2.75, 3.05) is 0 Å². The quantitative estimate of drug-likeness (QED) is 0.718. The third kappa shape index (κ3) is 2.94. The summed E-state index contributed by atoms with van der Waals surface area (Å²) in [4.78, 5) is 11.1. The lowest BCUT2D eigenvalue weighted by molar-refractivity contribution is 0.0695. The molecule has 3 unspecified atom stereocenters. The van der Waals surface area contributed by atoms with Crippen LogP contribution in [0, 0.1) is 3.57 Å². The van der Waals surface area contributed by atoms with E-state index in [9.17, 15) is 13.2 Å². The van der Waals surface area contributed by atoms with Crippen molar-refractivity contribution in [1.82, 2.24) is 4.72 Å². The van der Waals surface area contributed by atoms with Gasteiger partial charge in [0.05, 0.1) is 28.7 Å². The Morgan fingerprint density at radius 2 is 2.14 bits per heavy atom. The summed E-state index contributed by atoms with van der Waals surface area (Å²) in [7, 11) is -3.74. The number of ether oxygens (including phenoxy) is 1. The Hall–Kier alpha value is -0.710. The Kier molecular flexibility index (Phi) is 3.97. The van der Waals surface area contributed by atoms with E-state index in [0.29, 0.717) is 9.99 Å². The zero-order chi connectivity index (χ0) is 15.2. The summed E-state index contributed by atoms with van der Waals surface area (Å²) in [5.41, 5.74) is -0.0114. The van der Waals surface area contributed by atoms with Crippen LogP contribution in [0.5, 0.6) is 0 Å². The summed E-state index contributed by atoms with van der Waals surface area (Å²) in [6.45, 7) is 0. The molecule has 3 rings (SSSR count). The van der Waals surface area contributed by atoms with Crippen LogP contribution in [-0.4, -0.2) is 37.7 Å².